The van der Waals surface area contributed by atoms with Gasteiger partial charge in [-0.1, -0.05) is 0 Å². The quantitative estimate of drug-likeness (QED) is 0.681. The zero-order chi connectivity index (χ0) is 10.2. The summed E-state index contributed by atoms with van der Waals surface area (Å²) in [5, 5.41) is 8.77. The van der Waals surface area contributed by atoms with Gasteiger partial charge in [0.15, 0.2) is 5.79 Å². The van der Waals surface area contributed by atoms with E-state index in [1.165, 1.54) is 0 Å². The van der Waals surface area contributed by atoms with Crippen LogP contribution in [0.3, 0.4) is 0 Å². The minimum absolute atomic E-state index is 0.0744. The fourth-order valence-electron chi connectivity index (χ4n) is 1.85. The molecule has 3 atom stereocenters. The smallest absolute Gasteiger partial charge is 0.163 e. The van der Waals surface area contributed by atoms with Crippen LogP contribution in [0, 0.1) is 0 Å². The summed E-state index contributed by atoms with van der Waals surface area (Å²) in [6.45, 7) is 4.66. The molecule has 1 N–H and O–H groups in total. The minimum atomic E-state index is -0.425. The van der Waals surface area contributed by atoms with E-state index in [-0.39, 0.29) is 24.9 Å². The molecule has 0 aliphatic carbocycles. The molecule has 0 amide bonds. The van der Waals surface area contributed by atoms with Gasteiger partial charge in [0.1, 0.15) is 6.10 Å². The summed E-state index contributed by atoms with van der Waals surface area (Å²) in [6.07, 6.45) is 2.41. The Morgan fingerprint density at radius 2 is 2.07 bits per heavy atom. The topological polar surface area (TPSA) is 51.2 Å². The second-order valence-electron chi connectivity index (χ2n) is 4.42. The Hall–Kier alpha value is -0.160. The van der Waals surface area contributed by atoms with Crippen molar-refractivity contribution in [2.45, 2.75) is 50.8 Å². The number of aliphatic hydroxyl groups excluding tert-OH is 1. The third-order valence-electron chi connectivity index (χ3n) is 2.71. The van der Waals surface area contributed by atoms with Gasteiger partial charge in [0.25, 0.3) is 0 Å². The standard InChI is InChI=1S/C10H18O4/c1-10(2)12-6-7(14-10)3-4-8-9(5-11)13-8/h7-9,11H,3-6H2,1-2H3/t7-,8-,9+/m1/s1. The first-order valence-corrected chi connectivity index (χ1v) is 5.19. The number of hydrogen-bond donors (Lipinski definition) is 1. The molecule has 2 aliphatic rings. The molecule has 0 aromatic carbocycles. The number of ether oxygens (including phenoxy) is 3. The average Bonchev–Trinajstić information content (AvgIpc) is 2.81. The number of epoxide rings is 1. The maximum absolute atomic E-state index is 8.77. The molecule has 2 heterocycles. The van der Waals surface area contributed by atoms with Crippen molar-refractivity contribution in [3.8, 4) is 0 Å². The van der Waals surface area contributed by atoms with E-state index in [4.69, 9.17) is 19.3 Å². The largest absolute Gasteiger partial charge is 0.394 e. The number of hydrogen-bond acceptors (Lipinski definition) is 4. The summed E-state index contributed by atoms with van der Waals surface area (Å²) >= 11 is 0. The maximum Gasteiger partial charge on any atom is 0.163 e. The molecular formula is C10H18O4. The molecule has 2 aliphatic heterocycles. The van der Waals surface area contributed by atoms with Crippen LogP contribution in [0.5, 0.6) is 0 Å². The van der Waals surface area contributed by atoms with Crippen LogP contribution in [-0.2, 0) is 14.2 Å². The highest BCUT2D eigenvalue weighted by Gasteiger charge is 2.39. The fourth-order valence-corrected chi connectivity index (χ4v) is 1.85. The second kappa shape index (κ2) is 3.77. The molecule has 2 saturated heterocycles. The van der Waals surface area contributed by atoms with Crippen LogP contribution in [0.25, 0.3) is 0 Å². The highest BCUT2D eigenvalue weighted by molar-refractivity contribution is 4.85. The Kier molecular flexibility index (Phi) is 2.79. The van der Waals surface area contributed by atoms with Gasteiger partial charge in [0.2, 0.25) is 0 Å². The lowest BCUT2D eigenvalue weighted by molar-refractivity contribution is -0.139. The monoisotopic (exact) mass is 202 g/mol. The molecular weight excluding hydrogens is 184 g/mol. The Morgan fingerprint density at radius 3 is 2.57 bits per heavy atom. The van der Waals surface area contributed by atoms with E-state index in [1.54, 1.807) is 0 Å². The van der Waals surface area contributed by atoms with E-state index in [9.17, 15) is 0 Å². The third kappa shape index (κ3) is 2.45. The predicted octanol–water partition coefficient (Wildman–Crippen LogP) is 0.678. The first-order chi connectivity index (χ1) is 6.61. The van der Waals surface area contributed by atoms with Gasteiger partial charge in [-0.05, 0) is 26.7 Å². The summed E-state index contributed by atoms with van der Waals surface area (Å²) in [4.78, 5) is 0. The highest BCUT2D eigenvalue weighted by Crippen LogP contribution is 2.30. The molecule has 0 aromatic heterocycles. The molecule has 4 nitrogen and oxygen atoms in total. The Labute approximate surface area is 84.1 Å². The average molecular weight is 202 g/mol. The van der Waals surface area contributed by atoms with Gasteiger partial charge in [-0.2, -0.15) is 0 Å². The van der Waals surface area contributed by atoms with Gasteiger partial charge >= 0.3 is 0 Å². The van der Waals surface area contributed by atoms with Crippen molar-refractivity contribution in [2.24, 2.45) is 0 Å². The zero-order valence-corrected chi connectivity index (χ0v) is 8.73. The number of aliphatic hydroxyl groups is 1. The second-order valence-corrected chi connectivity index (χ2v) is 4.42. The van der Waals surface area contributed by atoms with E-state index in [1.807, 2.05) is 13.8 Å². The van der Waals surface area contributed by atoms with Crippen LogP contribution in [0.2, 0.25) is 0 Å². The van der Waals surface area contributed by atoms with Gasteiger partial charge < -0.3 is 19.3 Å². The van der Waals surface area contributed by atoms with Crippen molar-refractivity contribution >= 4 is 0 Å². The van der Waals surface area contributed by atoms with Crippen molar-refractivity contribution in [2.75, 3.05) is 13.2 Å². The Morgan fingerprint density at radius 1 is 1.29 bits per heavy atom. The van der Waals surface area contributed by atoms with E-state index in [0.29, 0.717) is 6.61 Å². The number of rotatable bonds is 4. The van der Waals surface area contributed by atoms with E-state index >= 15 is 0 Å². The van der Waals surface area contributed by atoms with Crippen molar-refractivity contribution in [3.63, 3.8) is 0 Å². The van der Waals surface area contributed by atoms with Crippen molar-refractivity contribution in [1.82, 2.24) is 0 Å². The maximum atomic E-state index is 8.77. The van der Waals surface area contributed by atoms with Gasteiger partial charge in [0, 0.05) is 0 Å². The van der Waals surface area contributed by atoms with E-state index in [0.717, 1.165) is 12.8 Å². The van der Waals surface area contributed by atoms with Gasteiger partial charge in [-0.25, -0.2) is 0 Å². The van der Waals surface area contributed by atoms with Crippen LogP contribution < -0.4 is 0 Å². The summed E-state index contributed by atoms with van der Waals surface area (Å²) in [6, 6.07) is 0. The van der Waals surface area contributed by atoms with E-state index < -0.39 is 5.79 Å². The van der Waals surface area contributed by atoms with Crippen LogP contribution in [-0.4, -0.2) is 42.4 Å². The summed E-state index contributed by atoms with van der Waals surface area (Å²) < 4.78 is 16.3. The molecule has 4 heteroatoms. The predicted molar refractivity (Wildman–Crippen MR) is 49.9 cm³/mol. The normalized spacial score (nSPS) is 40.1. The molecule has 0 aromatic rings. The minimum Gasteiger partial charge on any atom is -0.394 e. The van der Waals surface area contributed by atoms with Crippen LogP contribution in [0.15, 0.2) is 0 Å². The van der Waals surface area contributed by atoms with Gasteiger partial charge in [-0.3, -0.25) is 0 Å². The summed E-state index contributed by atoms with van der Waals surface area (Å²) in [7, 11) is 0. The molecule has 2 fully saturated rings. The van der Waals surface area contributed by atoms with Crippen LogP contribution in [0.4, 0.5) is 0 Å². The third-order valence-corrected chi connectivity index (χ3v) is 2.71. The van der Waals surface area contributed by atoms with Crippen molar-refractivity contribution in [1.29, 1.82) is 0 Å². The molecule has 0 saturated carbocycles. The Balaban J connectivity index is 1.63. The molecule has 82 valence electrons. The molecule has 0 bridgehead atoms. The first kappa shape index (κ1) is 10.4. The lowest BCUT2D eigenvalue weighted by Crippen LogP contribution is -2.21. The highest BCUT2D eigenvalue weighted by atomic mass is 16.7. The SMILES string of the molecule is CC1(C)OC[C@@H](CC[C@H]2O[C@H]2CO)O1. The molecule has 0 spiro atoms. The lowest BCUT2D eigenvalue weighted by Gasteiger charge is -2.16. The fraction of sp³-hybridized carbons (Fsp3) is 1.00. The summed E-state index contributed by atoms with van der Waals surface area (Å²) in [5.74, 6) is -0.425. The zero-order valence-electron chi connectivity index (χ0n) is 8.73. The van der Waals surface area contributed by atoms with E-state index in [2.05, 4.69) is 0 Å². The molecule has 14 heavy (non-hydrogen) atoms. The van der Waals surface area contributed by atoms with Gasteiger partial charge in [0.05, 0.1) is 25.4 Å². The van der Waals surface area contributed by atoms with Gasteiger partial charge in [-0.15, -0.1) is 0 Å². The first-order valence-electron chi connectivity index (χ1n) is 5.19. The lowest BCUT2D eigenvalue weighted by atomic mass is 10.1. The van der Waals surface area contributed by atoms with Crippen LogP contribution in [0.1, 0.15) is 26.7 Å². The van der Waals surface area contributed by atoms with Crippen molar-refractivity contribution in [3.05, 3.63) is 0 Å². The van der Waals surface area contributed by atoms with Crippen LogP contribution >= 0.6 is 0 Å². The Bertz CT molecular complexity index is 204. The summed E-state index contributed by atoms with van der Waals surface area (Å²) in [5.41, 5.74) is 0. The molecule has 0 unspecified atom stereocenters. The van der Waals surface area contributed by atoms with Crippen molar-refractivity contribution < 1.29 is 19.3 Å². The molecule has 0 radical (unpaired) electrons. The molecule has 2 rings (SSSR count).